The molecule has 3 rings (SSSR count). The molecule has 0 bridgehead atoms. The van der Waals surface area contributed by atoms with Gasteiger partial charge in [-0.05, 0) is 55.5 Å². The van der Waals surface area contributed by atoms with Crippen molar-refractivity contribution in [2.45, 2.75) is 6.92 Å². The second kappa shape index (κ2) is 11.4. The summed E-state index contributed by atoms with van der Waals surface area (Å²) in [6.07, 6.45) is 0. The zero-order chi connectivity index (χ0) is 21.9. The highest BCUT2D eigenvalue weighted by molar-refractivity contribution is 6.06. The number of rotatable bonds is 9. The SMILES string of the molecule is CCOCCOc1ccccc1C(=O)Nc1ccc(NC(=O)Nc2ccccc2)cc1. The summed E-state index contributed by atoms with van der Waals surface area (Å²) in [6, 6.07) is 22.7. The first-order valence-corrected chi connectivity index (χ1v) is 9.99. The van der Waals surface area contributed by atoms with Crippen molar-refractivity contribution in [2.24, 2.45) is 0 Å². The molecular formula is C24H25N3O4. The van der Waals surface area contributed by atoms with E-state index >= 15 is 0 Å². The summed E-state index contributed by atoms with van der Waals surface area (Å²) in [5, 5.41) is 8.34. The third kappa shape index (κ3) is 6.87. The van der Waals surface area contributed by atoms with Crippen LogP contribution in [0.15, 0.2) is 78.9 Å². The Morgan fingerprint density at radius 2 is 1.29 bits per heavy atom. The van der Waals surface area contributed by atoms with Crippen LogP contribution in [-0.4, -0.2) is 31.8 Å². The molecule has 0 aliphatic heterocycles. The van der Waals surface area contributed by atoms with Crippen LogP contribution in [0.1, 0.15) is 17.3 Å². The Hall–Kier alpha value is -3.84. The molecule has 0 saturated heterocycles. The van der Waals surface area contributed by atoms with Gasteiger partial charge in [0.2, 0.25) is 0 Å². The smallest absolute Gasteiger partial charge is 0.323 e. The Labute approximate surface area is 181 Å². The zero-order valence-electron chi connectivity index (χ0n) is 17.3. The number of urea groups is 1. The van der Waals surface area contributed by atoms with Gasteiger partial charge in [0.25, 0.3) is 5.91 Å². The van der Waals surface area contributed by atoms with E-state index in [2.05, 4.69) is 16.0 Å². The molecule has 7 heteroatoms. The summed E-state index contributed by atoms with van der Waals surface area (Å²) in [5.41, 5.74) is 2.34. The van der Waals surface area contributed by atoms with E-state index in [1.54, 1.807) is 54.6 Å². The molecule has 0 atom stereocenters. The maximum atomic E-state index is 12.7. The molecular weight excluding hydrogens is 394 g/mol. The highest BCUT2D eigenvalue weighted by Crippen LogP contribution is 2.21. The minimum atomic E-state index is -0.346. The average Bonchev–Trinajstić information content (AvgIpc) is 2.79. The Balaban J connectivity index is 1.56. The molecule has 3 aromatic rings. The number of ether oxygens (including phenoxy) is 2. The summed E-state index contributed by atoms with van der Waals surface area (Å²) in [4.78, 5) is 24.8. The van der Waals surface area contributed by atoms with Crippen molar-refractivity contribution in [3.05, 3.63) is 84.4 Å². The summed E-state index contributed by atoms with van der Waals surface area (Å²) in [6.45, 7) is 3.35. The van der Waals surface area contributed by atoms with Crippen molar-refractivity contribution in [3.63, 3.8) is 0 Å². The van der Waals surface area contributed by atoms with Gasteiger partial charge in [-0.2, -0.15) is 0 Å². The molecule has 0 heterocycles. The number of benzene rings is 3. The van der Waals surface area contributed by atoms with E-state index in [-0.39, 0.29) is 11.9 Å². The van der Waals surface area contributed by atoms with Crippen molar-refractivity contribution < 1.29 is 19.1 Å². The summed E-state index contributed by atoms with van der Waals surface area (Å²) in [5.74, 6) is 0.213. The van der Waals surface area contributed by atoms with Crippen molar-refractivity contribution in [1.29, 1.82) is 0 Å². The number of hydrogen-bond donors (Lipinski definition) is 3. The van der Waals surface area contributed by atoms with Crippen LogP contribution in [0.5, 0.6) is 5.75 Å². The van der Waals surface area contributed by atoms with Crippen molar-refractivity contribution in [1.82, 2.24) is 0 Å². The fraction of sp³-hybridized carbons (Fsp3) is 0.167. The maximum Gasteiger partial charge on any atom is 0.323 e. The van der Waals surface area contributed by atoms with E-state index in [9.17, 15) is 9.59 Å². The first kappa shape index (κ1) is 21.9. The molecule has 0 aliphatic carbocycles. The van der Waals surface area contributed by atoms with Gasteiger partial charge in [-0.25, -0.2) is 4.79 Å². The average molecular weight is 419 g/mol. The van der Waals surface area contributed by atoms with Gasteiger partial charge in [-0.3, -0.25) is 4.79 Å². The summed E-state index contributed by atoms with van der Waals surface area (Å²) >= 11 is 0. The van der Waals surface area contributed by atoms with E-state index in [4.69, 9.17) is 9.47 Å². The molecule has 0 aromatic heterocycles. The molecule has 0 spiro atoms. The minimum absolute atomic E-state index is 0.283. The predicted octanol–water partition coefficient (Wildman–Crippen LogP) is 5.00. The number of carbonyl (C=O) groups excluding carboxylic acids is 2. The number of anilines is 3. The van der Waals surface area contributed by atoms with E-state index in [1.165, 1.54) is 0 Å². The Morgan fingerprint density at radius 1 is 0.710 bits per heavy atom. The summed E-state index contributed by atoms with van der Waals surface area (Å²) < 4.78 is 10.9. The van der Waals surface area contributed by atoms with Gasteiger partial charge in [0.1, 0.15) is 12.4 Å². The van der Waals surface area contributed by atoms with Crippen LogP contribution in [-0.2, 0) is 4.74 Å². The molecule has 3 aromatic carbocycles. The third-order valence-corrected chi connectivity index (χ3v) is 4.25. The molecule has 0 radical (unpaired) electrons. The zero-order valence-corrected chi connectivity index (χ0v) is 17.3. The molecule has 160 valence electrons. The molecule has 0 unspecified atom stereocenters. The van der Waals surface area contributed by atoms with Crippen LogP contribution in [0.25, 0.3) is 0 Å². The topological polar surface area (TPSA) is 88.7 Å². The van der Waals surface area contributed by atoms with Crippen LogP contribution >= 0.6 is 0 Å². The van der Waals surface area contributed by atoms with Crippen molar-refractivity contribution >= 4 is 29.0 Å². The number of nitrogens with one attached hydrogen (secondary N) is 3. The van der Waals surface area contributed by atoms with E-state index in [0.717, 1.165) is 0 Å². The van der Waals surface area contributed by atoms with Crippen LogP contribution < -0.4 is 20.7 Å². The van der Waals surface area contributed by atoms with Crippen molar-refractivity contribution in [3.8, 4) is 5.75 Å². The number of para-hydroxylation sites is 2. The Bertz CT molecular complexity index is 991. The second-order valence-electron chi connectivity index (χ2n) is 6.52. The van der Waals surface area contributed by atoms with Gasteiger partial charge < -0.3 is 25.4 Å². The van der Waals surface area contributed by atoms with Crippen LogP contribution in [0.4, 0.5) is 21.9 Å². The normalized spacial score (nSPS) is 10.2. The monoisotopic (exact) mass is 419 g/mol. The van der Waals surface area contributed by atoms with E-state index in [1.807, 2.05) is 31.2 Å². The number of hydrogen-bond acceptors (Lipinski definition) is 4. The molecule has 3 N–H and O–H groups in total. The van der Waals surface area contributed by atoms with Crippen LogP contribution in [0, 0.1) is 0 Å². The summed E-state index contributed by atoms with van der Waals surface area (Å²) in [7, 11) is 0. The number of carbonyl (C=O) groups is 2. The molecule has 0 aliphatic rings. The quantitative estimate of drug-likeness (QED) is 0.426. The molecule has 0 saturated carbocycles. The number of amides is 3. The highest BCUT2D eigenvalue weighted by Gasteiger charge is 2.12. The highest BCUT2D eigenvalue weighted by atomic mass is 16.5. The van der Waals surface area contributed by atoms with Gasteiger partial charge in [-0.1, -0.05) is 30.3 Å². The second-order valence-corrected chi connectivity index (χ2v) is 6.52. The molecule has 3 amide bonds. The minimum Gasteiger partial charge on any atom is -0.490 e. The van der Waals surface area contributed by atoms with Crippen molar-refractivity contribution in [2.75, 3.05) is 35.8 Å². The van der Waals surface area contributed by atoms with Gasteiger partial charge in [0, 0.05) is 23.7 Å². The van der Waals surface area contributed by atoms with E-state index < -0.39 is 0 Å². The van der Waals surface area contributed by atoms with E-state index in [0.29, 0.717) is 48.2 Å². The van der Waals surface area contributed by atoms with Gasteiger partial charge >= 0.3 is 6.03 Å². The van der Waals surface area contributed by atoms with Gasteiger partial charge in [0.15, 0.2) is 0 Å². The molecule has 0 fully saturated rings. The first-order chi connectivity index (χ1) is 15.2. The fourth-order valence-corrected chi connectivity index (χ4v) is 2.79. The lowest BCUT2D eigenvalue weighted by Gasteiger charge is -2.12. The van der Waals surface area contributed by atoms with Gasteiger partial charge in [-0.15, -0.1) is 0 Å². The standard InChI is InChI=1S/C24H25N3O4/c1-2-30-16-17-31-22-11-7-6-10-21(22)23(28)25-19-12-14-20(15-13-19)27-24(29)26-18-8-4-3-5-9-18/h3-15H,2,16-17H2,1H3,(H,25,28)(H2,26,27,29). The largest absolute Gasteiger partial charge is 0.490 e. The lowest BCUT2D eigenvalue weighted by molar-refractivity contribution is 0.0998. The van der Waals surface area contributed by atoms with Crippen LogP contribution in [0.2, 0.25) is 0 Å². The molecule has 7 nitrogen and oxygen atoms in total. The van der Waals surface area contributed by atoms with Gasteiger partial charge in [0.05, 0.1) is 12.2 Å². The van der Waals surface area contributed by atoms with Crippen LogP contribution in [0.3, 0.4) is 0 Å². The lowest BCUT2D eigenvalue weighted by Crippen LogP contribution is -2.19. The molecule has 31 heavy (non-hydrogen) atoms. The Kier molecular flexibility index (Phi) is 8.02. The maximum absolute atomic E-state index is 12.7. The lowest BCUT2D eigenvalue weighted by atomic mass is 10.2. The Morgan fingerprint density at radius 3 is 1.97 bits per heavy atom. The third-order valence-electron chi connectivity index (χ3n) is 4.25. The first-order valence-electron chi connectivity index (χ1n) is 9.99. The fourth-order valence-electron chi connectivity index (χ4n) is 2.79. The predicted molar refractivity (Wildman–Crippen MR) is 122 cm³/mol.